The fraction of sp³-hybridized carbons (Fsp3) is 0.107. The zero-order valence-corrected chi connectivity index (χ0v) is 20.3. The molecular formula is C28H22ClFN4O3. The normalized spacial score (nSPS) is 14.5. The Balaban J connectivity index is 1.39. The number of halogens is 2. The van der Waals surface area contributed by atoms with Crippen molar-refractivity contribution in [2.45, 2.75) is 19.0 Å². The maximum Gasteiger partial charge on any atom is 0.322 e. The molecule has 1 aliphatic rings. The Morgan fingerprint density at radius 2 is 1.62 bits per heavy atom. The Labute approximate surface area is 217 Å². The van der Waals surface area contributed by atoms with Crippen LogP contribution in [-0.4, -0.2) is 27.4 Å². The Kier molecular flexibility index (Phi) is 6.74. The summed E-state index contributed by atoms with van der Waals surface area (Å²) in [5.74, 6) is -1.22. The number of anilines is 2. The molecule has 7 nitrogen and oxygen atoms in total. The van der Waals surface area contributed by atoms with Gasteiger partial charge in [-0.15, -0.1) is 0 Å². The van der Waals surface area contributed by atoms with Crippen LogP contribution in [0, 0.1) is 5.82 Å². The van der Waals surface area contributed by atoms with Crippen molar-refractivity contribution in [2.75, 3.05) is 10.6 Å². The van der Waals surface area contributed by atoms with Crippen molar-refractivity contribution in [1.82, 2.24) is 9.47 Å². The number of carbonyl (C=O) groups is 2. The van der Waals surface area contributed by atoms with Crippen molar-refractivity contribution < 1.29 is 14.0 Å². The van der Waals surface area contributed by atoms with E-state index in [9.17, 15) is 18.8 Å². The van der Waals surface area contributed by atoms with Gasteiger partial charge in [-0.3, -0.25) is 14.2 Å². The molecule has 0 bridgehead atoms. The molecule has 0 unspecified atom stereocenters. The van der Waals surface area contributed by atoms with Crippen LogP contribution in [0.4, 0.5) is 20.6 Å². The number of carbonyl (C=O) groups excluding carboxylic acids is 2. The molecule has 2 N–H and O–H groups in total. The first-order chi connectivity index (χ1) is 17.9. The van der Waals surface area contributed by atoms with Gasteiger partial charge >= 0.3 is 6.03 Å². The number of rotatable bonds is 4. The first-order valence-electron chi connectivity index (χ1n) is 11.6. The summed E-state index contributed by atoms with van der Waals surface area (Å²) in [7, 11) is 0. The summed E-state index contributed by atoms with van der Waals surface area (Å²) in [6, 6.07) is 21.7. The number of pyridine rings is 1. The van der Waals surface area contributed by atoms with Crippen molar-refractivity contribution in [2.24, 2.45) is 0 Å². The highest BCUT2D eigenvalue weighted by atomic mass is 35.5. The number of amides is 3. The Morgan fingerprint density at radius 3 is 2.35 bits per heavy atom. The monoisotopic (exact) mass is 516 g/mol. The van der Waals surface area contributed by atoms with Crippen molar-refractivity contribution in [1.29, 1.82) is 0 Å². The minimum absolute atomic E-state index is 0.0466. The quantitative estimate of drug-likeness (QED) is 0.390. The summed E-state index contributed by atoms with van der Waals surface area (Å²) in [6.45, 7) is 0.214. The molecule has 3 aromatic carbocycles. The van der Waals surface area contributed by atoms with Crippen LogP contribution in [0.2, 0.25) is 5.02 Å². The minimum Gasteiger partial charge on any atom is -0.322 e. The third kappa shape index (κ3) is 5.24. The fourth-order valence-electron chi connectivity index (χ4n) is 4.31. The number of aromatic nitrogens is 1. The smallest absolute Gasteiger partial charge is 0.322 e. The summed E-state index contributed by atoms with van der Waals surface area (Å²) in [4.78, 5) is 40.1. The molecule has 0 saturated carbocycles. The van der Waals surface area contributed by atoms with Gasteiger partial charge in [-0.1, -0.05) is 41.9 Å². The fourth-order valence-corrected chi connectivity index (χ4v) is 4.44. The van der Waals surface area contributed by atoms with E-state index in [2.05, 4.69) is 10.6 Å². The number of urea groups is 1. The highest BCUT2D eigenvalue weighted by Crippen LogP contribution is 2.26. The molecule has 5 rings (SSSR count). The van der Waals surface area contributed by atoms with E-state index in [1.807, 2.05) is 24.3 Å². The molecule has 1 aromatic heterocycles. The molecule has 3 amide bonds. The van der Waals surface area contributed by atoms with E-state index >= 15 is 0 Å². The topological polar surface area (TPSA) is 83.4 Å². The third-order valence-electron chi connectivity index (χ3n) is 6.22. The van der Waals surface area contributed by atoms with E-state index in [4.69, 9.17) is 11.6 Å². The lowest BCUT2D eigenvalue weighted by atomic mass is 9.93. The maximum absolute atomic E-state index is 15.0. The largest absolute Gasteiger partial charge is 0.322 e. The molecule has 186 valence electrons. The van der Waals surface area contributed by atoms with Crippen LogP contribution in [0.25, 0.3) is 5.69 Å². The predicted molar refractivity (Wildman–Crippen MR) is 141 cm³/mol. The van der Waals surface area contributed by atoms with Crippen LogP contribution in [0.15, 0.2) is 95.9 Å². The number of benzene rings is 3. The molecule has 0 fully saturated rings. The first-order valence-corrected chi connectivity index (χ1v) is 12.0. The number of nitrogens with zero attached hydrogens (tertiary/aromatic N) is 2. The van der Waals surface area contributed by atoms with Crippen LogP contribution in [-0.2, 0) is 17.8 Å². The number of hydrogen-bond acceptors (Lipinski definition) is 3. The molecule has 0 spiro atoms. The highest BCUT2D eigenvalue weighted by Gasteiger charge is 2.35. The standard InChI is InChI=1S/C28H22ClFN4O3/c29-20-8-10-21(11-9-20)31-28(37)34-17-19-6-2-1-5-18(19)15-25(34)27(36)32-24-13-12-22(16-23(24)30)33-14-4-3-7-26(33)35/h1-14,16,25H,15,17H2,(H,31,37)(H,32,36)/t25-/m1/s1. The number of hydrogen-bond donors (Lipinski definition) is 2. The minimum atomic E-state index is -0.877. The van der Waals surface area contributed by atoms with E-state index in [1.54, 1.807) is 42.5 Å². The zero-order valence-electron chi connectivity index (χ0n) is 19.5. The van der Waals surface area contributed by atoms with E-state index in [1.165, 1.54) is 33.9 Å². The molecule has 0 saturated heterocycles. The van der Waals surface area contributed by atoms with Gasteiger partial charge in [0.1, 0.15) is 11.9 Å². The van der Waals surface area contributed by atoms with Crippen molar-refractivity contribution in [3.05, 3.63) is 123 Å². The molecule has 37 heavy (non-hydrogen) atoms. The van der Waals surface area contributed by atoms with E-state index in [0.717, 1.165) is 11.1 Å². The Bertz CT molecular complexity index is 1540. The summed E-state index contributed by atoms with van der Waals surface area (Å²) >= 11 is 5.94. The lowest BCUT2D eigenvalue weighted by Crippen LogP contribution is -2.52. The van der Waals surface area contributed by atoms with Crippen LogP contribution in [0.5, 0.6) is 0 Å². The van der Waals surface area contributed by atoms with Crippen molar-refractivity contribution in [3.63, 3.8) is 0 Å². The van der Waals surface area contributed by atoms with Crippen LogP contribution in [0.1, 0.15) is 11.1 Å². The van der Waals surface area contributed by atoms with Gasteiger partial charge < -0.3 is 15.5 Å². The van der Waals surface area contributed by atoms with Gasteiger partial charge in [0.15, 0.2) is 0 Å². The van der Waals surface area contributed by atoms with Gasteiger partial charge in [0.05, 0.1) is 11.4 Å². The van der Waals surface area contributed by atoms with Gasteiger partial charge in [0.25, 0.3) is 5.56 Å². The second kappa shape index (κ2) is 10.3. The molecule has 1 atom stereocenters. The van der Waals surface area contributed by atoms with Crippen molar-refractivity contribution >= 4 is 34.9 Å². The van der Waals surface area contributed by atoms with E-state index in [-0.39, 0.29) is 24.2 Å². The van der Waals surface area contributed by atoms with E-state index in [0.29, 0.717) is 16.4 Å². The van der Waals surface area contributed by atoms with Gasteiger partial charge in [0, 0.05) is 42.0 Å². The molecule has 4 aromatic rings. The second-order valence-electron chi connectivity index (χ2n) is 8.62. The average Bonchev–Trinajstić information content (AvgIpc) is 2.90. The number of nitrogens with one attached hydrogen (secondary N) is 2. The molecule has 0 radical (unpaired) electrons. The maximum atomic E-state index is 15.0. The molecule has 1 aliphatic heterocycles. The molecular weight excluding hydrogens is 495 g/mol. The molecule has 0 aliphatic carbocycles. The summed E-state index contributed by atoms with van der Waals surface area (Å²) in [5.41, 5.74) is 2.39. The highest BCUT2D eigenvalue weighted by molar-refractivity contribution is 6.30. The van der Waals surface area contributed by atoms with Crippen molar-refractivity contribution in [3.8, 4) is 5.69 Å². The van der Waals surface area contributed by atoms with Crippen LogP contribution in [0.3, 0.4) is 0 Å². The second-order valence-corrected chi connectivity index (χ2v) is 9.05. The SMILES string of the molecule is O=C(Nc1ccc(-n2ccccc2=O)cc1F)[C@H]1Cc2ccccc2CN1C(=O)Nc1ccc(Cl)cc1. The van der Waals surface area contributed by atoms with Gasteiger partial charge in [-0.05, 0) is 53.6 Å². The first kappa shape index (κ1) is 24.3. The lowest BCUT2D eigenvalue weighted by Gasteiger charge is -2.36. The predicted octanol–water partition coefficient (Wildman–Crippen LogP) is 5.23. The summed E-state index contributed by atoms with van der Waals surface area (Å²) < 4.78 is 16.3. The summed E-state index contributed by atoms with van der Waals surface area (Å²) in [6.07, 6.45) is 1.81. The zero-order chi connectivity index (χ0) is 25.9. The van der Waals surface area contributed by atoms with Gasteiger partial charge in [-0.2, -0.15) is 0 Å². The van der Waals surface area contributed by atoms with Crippen LogP contribution < -0.4 is 16.2 Å². The Morgan fingerprint density at radius 1 is 0.892 bits per heavy atom. The van der Waals surface area contributed by atoms with Gasteiger partial charge in [-0.25, -0.2) is 9.18 Å². The van der Waals surface area contributed by atoms with Crippen LogP contribution >= 0.6 is 11.6 Å². The third-order valence-corrected chi connectivity index (χ3v) is 6.47. The molecule has 2 heterocycles. The number of fused-ring (bicyclic) bond motifs is 1. The molecule has 9 heteroatoms. The summed E-state index contributed by atoms with van der Waals surface area (Å²) in [5, 5.41) is 5.96. The van der Waals surface area contributed by atoms with E-state index < -0.39 is 23.8 Å². The lowest BCUT2D eigenvalue weighted by molar-refractivity contribution is -0.120. The average molecular weight is 517 g/mol. The van der Waals surface area contributed by atoms with Gasteiger partial charge in [0.2, 0.25) is 5.91 Å². The Hall–Kier alpha value is -4.43.